The molecule has 0 heterocycles. The molecule has 0 N–H and O–H groups in total. The Morgan fingerprint density at radius 2 is 1.92 bits per heavy atom. The zero-order valence-electron chi connectivity index (χ0n) is 6.49. The van der Waals surface area contributed by atoms with Crippen molar-refractivity contribution in [2.75, 3.05) is 0 Å². The molecule has 5 nitrogen and oxygen atoms in total. The molecule has 0 radical (unpaired) electrons. The third-order valence-corrected chi connectivity index (χ3v) is 1.46. The summed E-state index contributed by atoms with van der Waals surface area (Å²) in [7, 11) is -5.81. The Morgan fingerprint density at radius 1 is 1.54 bits per heavy atom. The topological polar surface area (TPSA) is 83.5 Å². The number of carbonyl (C=O) groups is 1. The molecule has 0 rings (SSSR count). The van der Waals surface area contributed by atoms with E-state index >= 15 is 0 Å². The van der Waals surface area contributed by atoms with Gasteiger partial charge < -0.3 is 9.29 Å². The fraction of sp³-hybridized carbons (Fsp3) is 0.500. The number of alkyl halides is 2. The molecule has 0 atom stereocenters. The van der Waals surface area contributed by atoms with Gasteiger partial charge in [0.05, 0.1) is 0 Å². The second kappa shape index (κ2) is 3.76. The first-order valence-electron chi connectivity index (χ1n) is 2.51. The second-order valence-corrected chi connectivity index (χ2v) is 3.20. The standard InChI is InChI=1S/C4H5F2O5S.Rf/c1-3(7)11-2-4(5,6)12(8,9)10;/h2H,1H3,(H,8,9,10);/q-1;/p-1. The predicted octanol–water partition coefficient (Wildman–Crippen LogP) is -0.151. The molecule has 0 aliphatic heterocycles. The molecule has 74 valence electrons. The van der Waals surface area contributed by atoms with Crippen LogP contribution in [0, 0.1) is 6.61 Å². The summed E-state index contributed by atoms with van der Waals surface area (Å²) in [6.45, 7) is 0.168. The van der Waals surface area contributed by atoms with Crippen molar-refractivity contribution >= 4 is 16.1 Å². The maximum Gasteiger partial charge on any atom is 0.271 e. The maximum atomic E-state index is 12.1. The molecule has 0 aromatic carbocycles. The summed E-state index contributed by atoms with van der Waals surface area (Å²) in [5.74, 6) is -1.14. The van der Waals surface area contributed by atoms with Crippen LogP contribution >= 0.6 is 0 Å². The first-order valence-corrected chi connectivity index (χ1v) is 3.92. The van der Waals surface area contributed by atoms with Crippen LogP contribution in [0.2, 0.25) is 0 Å². The molecular formula is C4H4F2O5RfS-2. The van der Waals surface area contributed by atoms with Gasteiger partial charge in [0, 0.05) is 6.92 Å². The van der Waals surface area contributed by atoms with Crippen LogP contribution < -0.4 is 0 Å². The largest absolute Gasteiger partial charge is 0.746 e. The Kier molecular flexibility index (Phi) is 4.00. The first-order chi connectivity index (χ1) is 5.17. The summed E-state index contributed by atoms with van der Waals surface area (Å²) in [5, 5.41) is -4.68. The molecular weight excluding hydrogens is 465 g/mol. The van der Waals surface area contributed by atoms with Crippen LogP contribution in [-0.4, -0.2) is 24.2 Å². The fourth-order valence-corrected chi connectivity index (χ4v) is 0.376. The van der Waals surface area contributed by atoms with Gasteiger partial charge in [-0.1, -0.05) is 6.61 Å². The van der Waals surface area contributed by atoms with E-state index in [0.717, 1.165) is 6.92 Å². The van der Waals surface area contributed by atoms with Gasteiger partial charge in [-0.15, -0.1) is 0 Å². The van der Waals surface area contributed by atoms with E-state index in [1.165, 1.54) is 0 Å². The Morgan fingerprint density at radius 3 is 2.15 bits per heavy atom. The average Bonchev–Trinajstić information content (AvgIpc) is 1.81. The van der Waals surface area contributed by atoms with Crippen LogP contribution in [0.3, 0.4) is 0 Å². The maximum absolute atomic E-state index is 12.1. The van der Waals surface area contributed by atoms with E-state index < -0.39 is 27.9 Å². The molecule has 9 heteroatoms. The van der Waals surface area contributed by atoms with Gasteiger partial charge in [-0.05, 0) is 0 Å². The molecule has 0 saturated carbocycles. The summed E-state index contributed by atoms with van der Waals surface area (Å²) < 4.78 is 56.9. The van der Waals surface area contributed by atoms with Crippen molar-refractivity contribution in [3.63, 3.8) is 0 Å². The van der Waals surface area contributed by atoms with Crippen molar-refractivity contribution in [3.8, 4) is 0 Å². The summed E-state index contributed by atoms with van der Waals surface area (Å²) in [6.07, 6.45) is 0. The number of esters is 1. The summed E-state index contributed by atoms with van der Waals surface area (Å²) in [6, 6.07) is 0. The van der Waals surface area contributed by atoms with Gasteiger partial charge in [0.25, 0.3) is 11.2 Å². The SMILES string of the molecule is CC(=O)O[CH-]C(F)(F)S(=O)(=O)[O-].[Rf]. The van der Waals surface area contributed by atoms with E-state index in [1.807, 2.05) is 0 Å². The van der Waals surface area contributed by atoms with Gasteiger partial charge in [0.1, 0.15) is 10.1 Å². The summed E-state index contributed by atoms with van der Waals surface area (Å²) >= 11 is 0. The van der Waals surface area contributed by atoms with Crippen molar-refractivity contribution in [3.05, 3.63) is 6.61 Å². The Balaban J connectivity index is 0. The first kappa shape index (κ1) is 13.8. The van der Waals surface area contributed by atoms with E-state index in [2.05, 4.69) is 4.74 Å². The molecule has 0 aliphatic rings. The molecule has 0 fully saturated rings. The van der Waals surface area contributed by atoms with Crippen LogP contribution in [0.5, 0.6) is 0 Å². The van der Waals surface area contributed by atoms with E-state index in [4.69, 9.17) is 0 Å². The summed E-state index contributed by atoms with van der Waals surface area (Å²) in [4.78, 5) is 9.93. The molecule has 0 amide bonds. The van der Waals surface area contributed by atoms with Crippen LogP contribution in [0.4, 0.5) is 8.78 Å². The minimum absolute atomic E-state index is 0. The average molecular weight is 469 g/mol. The molecule has 13 heavy (non-hydrogen) atoms. The molecule has 0 aromatic heterocycles. The zero-order chi connectivity index (χ0) is 9.99. The second-order valence-electron chi connectivity index (χ2n) is 1.74. The monoisotopic (exact) mass is 469 g/mol. The number of halogens is 2. The fourth-order valence-electron chi connectivity index (χ4n) is 0.211. The van der Waals surface area contributed by atoms with Gasteiger partial charge in [-0.25, -0.2) is 17.2 Å². The zero-order valence-corrected chi connectivity index (χ0v) is 13.7. The number of carbonyl (C=O) groups excluding carboxylic acids is 1. The molecule has 0 aliphatic carbocycles. The molecule has 0 saturated heterocycles. The quantitative estimate of drug-likeness (QED) is 0.327. The Labute approximate surface area is 67.1 Å². The van der Waals surface area contributed by atoms with Crippen LogP contribution in [-0.2, 0) is 19.6 Å². The molecule has 0 bridgehead atoms. The number of ether oxygens (including phenoxy) is 1. The number of hydrogen-bond acceptors (Lipinski definition) is 5. The van der Waals surface area contributed by atoms with E-state index in [0.29, 0.717) is 0 Å². The van der Waals surface area contributed by atoms with Crippen molar-refractivity contribution in [2.24, 2.45) is 0 Å². The van der Waals surface area contributed by atoms with Crippen molar-refractivity contribution < 1.29 is 31.3 Å². The van der Waals surface area contributed by atoms with Crippen LogP contribution in [0.15, 0.2) is 0 Å². The van der Waals surface area contributed by atoms with Gasteiger partial charge in [-0.2, -0.15) is 0 Å². The van der Waals surface area contributed by atoms with E-state index in [1.54, 1.807) is 0 Å². The minimum atomic E-state index is -5.81. The van der Waals surface area contributed by atoms with Crippen LogP contribution in [0.1, 0.15) is 6.92 Å². The predicted molar refractivity (Wildman–Crippen MR) is 30.7 cm³/mol. The molecule has 0 spiro atoms. The van der Waals surface area contributed by atoms with E-state index in [-0.39, 0.29) is 0 Å². The summed E-state index contributed by atoms with van der Waals surface area (Å²) in [5.41, 5.74) is 0. The van der Waals surface area contributed by atoms with Crippen molar-refractivity contribution in [2.45, 2.75) is 12.2 Å². The number of rotatable bonds is 3. The Hall–Kier alpha value is -1.76. The Bertz CT molecular complexity index is 274. The smallest absolute Gasteiger partial charge is 0.271 e. The third kappa shape index (κ3) is 3.97. The van der Waals surface area contributed by atoms with Gasteiger partial charge in [0.2, 0.25) is 0 Å². The minimum Gasteiger partial charge on any atom is -0.746 e. The van der Waals surface area contributed by atoms with Gasteiger partial charge in [-0.3, -0.25) is 4.79 Å². The van der Waals surface area contributed by atoms with Gasteiger partial charge in [0.15, 0.2) is 0 Å². The van der Waals surface area contributed by atoms with Crippen molar-refractivity contribution in [1.82, 2.24) is 0 Å². The molecule has 0 aromatic rings. The van der Waals surface area contributed by atoms with Crippen molar-refractivity contribution in [1.29, 1.82) is 0 Å². The van der Waals surface area contributed by atoms with Crippen LogP contribution in [0.25, 0.3) is 0 Å². The third-order valence-electron chi connectivity index (χ3n) is 0.695. The number of hydrogen-bond donors (Lipinski definition) is 0. The molecule has 0 unspecified atom stereocenters. The normalized spacial score (nSPS) is 11.7. The van der Waals surface area contributed by atoms with E-state index in [9.17, 15) is 26.5 Å². The van der Waals surface area contributed by atoms with Gasteiger partial charge >= 0.3 is 0 Å².